The summed E-state index contributed by atoms with van der Waals surface area (Å²) in [7, 11) is 0. The average molecular weight is 256 g/mol. The highest BCUT2D eigenvalue weighted by atomic mass is 32.2. The smallest absolute Gasteiger partial charge is 0.157 e. The second-order valence-corrected chi connectivity index (χ2v) is 6.29. The Hall–Kier alpha value is -0.180. The second-order valence-electron chi connectivity index (χ2n) is 5.07. The summed E-state index contributed by atoms with van der Waals surface area (Å²) in [6.45, 7) is 10.1. The lowest BCUT2D eigenvalue weighted by atomic mass is 9.99. The van der Waals surface area contributed by atoms with Crippen LogP contribution in [-0.4, -0.2) is 23.0 Å². The van der Waals surface area contributed by atoms with E-state index >= 15 is 0 Å². The minimum absolute atomic E-state index is 0.571. The van der Waals surface area contributed by atoms with Crippen molar-refractivity contribution >= 4 is 16.9 Å². The third kappa shape index (κ3) is 4.90. The van der Waals surface area contributed by atoms with E-state index < -0.39 is 0 Å². The fraction of sp³-hybridized carbons (Fsp3) is 0.929. The molecule has 1 heterocycles. The SMILES string of the molecule is CCCCC(C)NC1=NCC(C(CC)CC)S1. The molecule has 0 aromatic carbocycles. The minimum Gasteiger partial charge on any atom is -0.362 e. The standard InChI is InChI=1S/C14H28N2S/c1-5-8-9-11(4)16-14-15-10-13(17-14)12(6-2)7-3/h11-13H,5-10H2,1-4H3,(H,15,16). The number of rotatable bonds is 7. The fourth-order valence-corrected chi connectivity index (χ4v) is 3.75. The first kappa shape index (κ1) is 14.9. The van der Waals surface area contributed by atoms with Crippen LogP contribution in [0.4, 0.5) is 0 Å². The summed E-state index contributed by atoms with van der Waals surface area (Å²) in [5, 5.41) is 5.46. The van der Waals surface area contributed by atoms with Crippen LogP contribution in [0.2, 0.25) is 0 Å². The van der Waals surface area contributed by atoms with Gasteiger partial charge in [0.2, 0.25) is 0 Å². The maximum Gasteiger partial charge on any atom is 0.157 e. The highest BCUT2D eigenvalue weighted by molar-refractivity contribution is 8.14. The van der Waals surface area contributed by atoms with E-state index in [-0.39, 0.29) is 0 Å². The van der Waals surface area contributed by atoms with Crippen LogP contribution < -0.4 is 5.32 Å². The third-order valence-corrected chi connectivity index (χ3v) is 4.92. The molecule has 0 spiro atoms. The zero-order chi connectivity index (χ0) is 12.7. The topological polar surface area (TPSA) is 24.4 Å². The molecule has 2 atom stereocenters. The van der Waals surface area contributed by atoms with E-state index in [2.05, 4.69) is 38.0 Å². The van der Waals surface area contributed by atoms with Gasteiger partial charge >= 0.3 is 0 Å². The molecule has 0 aliphatic carbocycles. The van der Waals surface area contributed by atoms with Crippen LogP contribution in [0.1, 0.15) is 59.8 Å². The molecule has 3 heteroatoms. The van der Waals surface area contributed by atoms with Crippen LogP contribution in [0.3, 0.4) is 0 Å². The molecule has 0 bridgehead atoms. The van der Waals surface area contributed by atoms with Crippen molar-refractivity contribution in [3.8, 4) is 0 Å². The van der Waals surface area contributed by atoms with Gasteiger partial charge in [0, 0.05) is 11.3 Å². The van der Waals surface area contributed by atoms with Crippen molar-refractivity contribution in [1.82, 2.24) is 5.32 Å². The van der Waals surface area contributed by atoms with E-state index in [0.717, 1.165) is 12.5 Å². The van der Waals surface area contributed by atoms with Crippen molar-refractivity contribution in [3.05, 3.63) is 0 Å². The predicted molar refractivity (Wildman–Crippen MR) is 79.9 cm³/mol. The predicted octanol–water partition coefficient (Wildman–Crippen LogP) is 4.06. The molecule has 0 saturated carbocycles. The van der Waals surface area contributed by atoms with Crippen molar-refractivity contribution in [2.24, 2.45) is 10.9 Å². The maximum atomic E-state index is 4.65. The monoisotopic (exact) mass is 256 g/mol. The van der Waals surface area contributed by atoms with E-state index in [1.54, 1.807) is 0 Å². The Labute approximate surface area is 111 Å². The van der Waals surface area contributed by atoms with E-state index in [1.807, 2.05) is 11.8 Å². The van der Waals surface area contributed by atoms with Gasteiger partial charge in [-0.05, 0) is 19.3 Å². The number of unbranched alkanes of at least 4 members (excludes halogenated alkanes) is 1. The Morgan fingerprint density at radius 3 is 2.65 bits per heavy atom. The first-order valence-electron chi connectivity index (χ1n) is 7.18. The van der Waals surface area contributed by atoms with Gasteiger partial charge in [-0.25, -0.2) is 0 Å². The Kier molecular flexibility index (Phi) is 7.02. The van der Waals surface area contributed by atoms with Gasteiger partial charge in [-0.15, -0.1) is 0 Å². The Morgan fingerprint density at radius 1 is 1.35 bits per heavy atom. The molecule has 1 N–H and O–H groups in total. The van der Waals surface area contributed by atoms with E-state index in [0.29, 0.717) is 11.3 Å². The van der Waals surface area contributed by atoms with E-state index in [9.17, 15) is 0 Å². The lowest BCUT2D eigenvalue weighted by Crippen LogP contribution is -2.30. The molecule has 1 rings (SSSR count). The molecule has 17 heavy (non-hydrogen) atoms. The largest absolute Gasteiger partial charge is 0.362 e. The lowest BCUT2D eigenvalue weighted by Gasteiger charge is -2.19. The molecule has 100 valence electrons. The number of nitrogens with zero attached hydrogens (tertiary/aromatic N) is 1. The highest BCUT2D eigenvalue weighted by Gasteiger charge is 2.26. The molecule has 0 aromatic heterocycles. The molecule has 0 saturated heterocycles. The molecular formula is C14H28N2S. The first-order chi connectivity index (χ1) is 8.21. The molecule has 2 unspecified atom stereocenters. The summed E-state index contributed by atoms with van der Waals surface area (Å²) in [6.07, 6.45) is 6.40. The van der Waals surface area contributed by atoms with Gasteiger partial charge in [0.25, 0.3) is 0 Å². The summed E-state index contributed by atoms with van der Waals surface area (Å²) in [4.78, 5) is 4.65. The second kappa shape index (κ2) is 8.02. The molecule has 1 aliphatic heterocycles. The lowest BCUT2D eigenvalue weighted by molar-refractivity contribution is 0.479. The molecule has 2 nitrogen and oxygen atoms in total. The number of hydrogen-bond acceptors (Lipinski definition) is 3. The van der Waals surface area contributed by atoms with Gasteiger partial charge < -0.3 is 5.32 Å². The zero-order valence-corrected chi connectivity index (χ0v) is 12.6. The molecule has 0 fully saturated rings. The summed E-state index contributed by atoms with van der Waals surface area (Å²) in [6, 6.07) is 0.571. The van der Waals surface area contributed by atoms with Gasteiger partial charge in [-0.3, -0.25) is 4.99 Å². The highest BCUT2D eigenvalue weighted by Crippen LogP contribution is 2.30. The van der Waals surface area contributed by atoms with Crippen LogP contribution in [0.15, 0.2) is 4.99 Å². The number of hydrogen-bond donors (Lipinski definition) is 1. The maximum absolute atomic E-state index is 4.65. The van der Waals surface area contributed by atoms with Crippen LogP contribution >= 0.6 is 11.8 Å². The van der Waals surface area contributed by atoms with E-state index in [1.165, 1.54) is 37.3 Å². The summed E-state index contributed by atoms with van der Waals surface area (Å²) in [5.74, 6) is 0.828. The number of aliphatic imine (C=N–C) groups is 1. The van der Waals surface area contributed by atoms with Gasteiger partial charge in [-0.2, -0.15) is 0 Å². The Morgan fingerprint density at radius 2 is 2.06 bits per heavy atom. The quantitative estimate of drug-likeness (QED) is 0.743. The summed E-state index contributed by atoms with van der Waals surface area (Å²) >= 11 is 1.97. The number of nitrogens with one attached hydrogen (secondary N) is 1. The van der Waals surface area contributed by atoms with Crippen molar-refractivity contribution in [2.45, 2.75) is 71.1 Å². The van der Waals surface area contributed by atoms with Crippen LogP contribution in [0.25, 0.3) is 0 Å². The third-order valence-electron chi connectivity index (χ3n) is 3.61. The molecule has 0 radical (unpaired) electrons. The normalized spacial score (nSPS) is 21.7. The van der Waals surface area contributed by atoms with Gasteiger partial charge in [0.15, 0.2) is 5.17 Å². The molecule has 1 aliphatic rings. The van der Waals surface area contributed by atoms with Crippen molar-refractivity contribution < 1.29 is 0 Å². The van der Waals surface area contributed by atoms with Gasteiger partial charge in [-0.1, -0.05) is 58.2 Å². The van der Waals surface area contributed by atoms with Crippen molar-refractivity contribution in [2.75, 3.05) is 6.54 Å². The number of amidine groups is 1. The molecule has 0 amide bonds. The molecular weight excluding hydrogens is 228 g/mol. The van der Waals surface area contributed by atoms with Crippen LogP contribution in [0, 0.1) is 5.92 Å². The van der Waals surface area contributed by atoms with Gasteiger partial charge in [0.1, 0.15) is 0 Å². The average Bonchev–Trinajstić information content (AvgIpc) is 2.76. The zero-order valence-electron chi connectivity index (χ0n) is 11.8. The summed E-state index contributed by atoms with van der Waals surface area (Å²) < 4.78 is 0. The Bertz CT molecular complexity index is 236. The van der Waals surface area contributed by atoms with Gasteiger partial charge in [0.05, 0.1) is 6.54 Å². The fourth-order valence-electron chi connectivity index (χ4n) is 2.32. The van der Waals surface area contributed by atoms with Crippen LogP contribution in [-0.2, 0) is 0 Å². The van der Waals surface area contributed by atoms with Crippen molar-refractivity contribution in [1.29, 1.82) is 0 Å². The van der Waals surface area contributed by atoms with E-state index in [4.69, 9.17) is 0 Å². The molecule has 0 aromatic rings. The summed E-state index contributed by atoms with van der Waals surface area (Å²) in [5.41, 5.74) is 0. The number of thioether (sulfide) groups is 1. The Balaban J connectivity index is 2.29. The van der Waals surface area contributed by atoms with Crippen molar-refractivity contribution in [3.63, 3.8) is 0 Å². The first-order valence-corrected chi connectivity index (χ1v) is 8.06. The minimum atomic E-state index is 0.571. The van der Waals surface area contributed by atoms with Crippen LogP contribution in [0.5, 0.6) is 0 Å².